The molecular weight excluding hydrogens is 233 g/mol. The largest absolute Gasteiger partial charge is 1.00 e. The number of rotatable bonds is 2. The molecule has 2 aromatic rings. The van der Waals surface area contributed by atoms with Crippen molar-refractivity contribution in [1.82, 2.24) is 10.2 Å². The second-order valence-electron chi connectivity index (χ2n) is 2.48. The number of azo groups is 1. The zero-order valence-electron chi connectivity index (χ0n) is 12.9. The topological polar surface area (TPSA) is 53.4 Å². The Morgan fingerprint density at radius 1 is 0.938 bits per heavy atom. The summed E-state index contributed by atoms with van der Waals surface area (Å²) in [6.45, 7) is 0. The third-order valence-electron chi connectivity index (χ3n) is 1.52. The molecule has 0 aliphatic heterocycles. The van der Waals surface area contributed by atoms with E-state index in [4.69, 9.17) is 0 Å². The van der Waals surface area contributed by atoms with Crippen LogP contribution in [0.3, 0.4) is 0 Å². The quantitative estimate of drug-likeness (QED) is 0.415. The summed E-state index contributed by atoms with van der Waals surface area (Å²) in [5, 5.41) is 14.4. The van der Waals surface area contributed by atoms with Crippen LogP contribution in [-0.2, 0) is 0 Å². The van der Waals surface area contributed by atoms with Gasteiger partial charge >= 0.3 is 88.7 Å². The molecule has 0 saturated carbocycles. The summed E-state index contributed by atoms with van der Waals surface area (Å²) in [6, 6.07) is 11.3. The van der Waals surface area contributed by atoms with E-state index in [9.17, 15) is 0 Å². The Morgan fingerprint density at radius 2 is 1.62 bits per heavy atom. The van der Waals surface area contributed by atoms with Gasteiger partial charge in [-0.1, -0.05) is 18.2 Å². The van der Waals surface area contributed by atoms with Crippen molar-refractivity contribution in [2.45, 2.75) is 0 Å². The van der Waals surface area contributed by atoms with Gasteiger partial charge in [0.05, 0.1) is 11.9 Å². The third kappa shape index (κ3) is 6.69. The fourth-order valence-electron chi connectivity index (χ4n) is 0.910. The molecule has 0 unspecified atom stereocenters. The van der Waals surface area contributed by atoms with E-state index in [1.807, 2.05) is 30.3 Å². The van der Waals surface area contributed by atoms with Gasteiger partial charge in [0.1, 0.15) is 0 Å². The second kappa shape index (κ2) is 11.1. The van der Waals surface area contributed by atoms with E-state index in [-0.39, 0.29) is 93.0 Å². The van der Waals surface area contributed by atoms with Crippen LogP contribution < -0.4 is 88.7 Å². The smallest absolute Gasteiger partial charge is 1.00 e. The average molecular weight is 244 g/mol. The molecule has 0 spiro atoms. The van der Waals surface area contributed by atoms with Crippen molar-refractivity contribution in [2.24, 2.45) is 10.2 Å². The Labute approximate surface area is 165 Å². The van der Waals surface area contributed by atoms with Gasteiger partial charge in [0.2, 0.25) is 0 Å². The van der Waals surface area contributed by atoms with E-state index in [2.05, 4.69) is 20.4 Å². The summed E-state index contributed by atoms with van der Waals surface area (Å²) < 4.78 is 0. The Morgan fingerprint density at radius 3 is 2.19 bits per heavy atom. The van der Waals surface area contributed by atoms with Crippen LogP contribution in [0.4, 0.5) is 11.5 Å². The van der Waals surface area contributed by atoms with Gasteiger partial charge in [-0.3, -0.25) is 5.10 Å². The molecular formula is C9H11N4Na3. The molecule has 0 amide bonds. The molecule has 7 heteroatoms. The molecule has 4 nitrogen and oxygen atoms in total. The molecule has 0 fully saturated rings. The first-order valence-electron chi connectivity index (χ1n) is 3.91. The molecule has 0 aliphatic rings. The molecule has 0 saturated heterocycles. The van der Waals surface area contributed by atoms with E-state index < -0.39 is 0 Å². The number of hydrogen-bond acceptors (Lipinski definition) is 3. The minimum Gasteiger partial charge on any atom is -1.00 e. The van der Waals surface area contributed by atoms with Crippen molar-refractivity contribution in [3.8, 4) is 0 Å². The van der Waals surface area contributed by atoms with Gasteiger partial charge < -0.3 is 4.28 Å². The van der Waals surface area contributed by atoms with Crippen LogP contribution in [-0.4, -0.2) is 10.2 Å². The Bertz CT molecular complexity index is 400. The molecule has 0 atom stereocenters. The summed E-state index contributed by atoms with van der Waals surface area (Å²) in [5.74, 6) is 0.656. The first-order chi connectivity index (χ1) is 6.45. The monoisotopic (exact) mass is 244 g/mol. The van der Waals surface area contributed by atoms with Crippen molar-refractivity contribution < 1.29 is 93.0 Å². The fourth-order valence-corrected chi connectivity index (χ4v) is 0.910. The predicted octanol–water partition coefficient (Wildman–Crippen LogP) is -5.83. The van der Waals surface area contributed by atoms with Crippen molar-refractivity contribution in [2.75, 3.05) is 0 Å². The van der Waals surface area contributed by atoms with E-state index in [1.54, 1.807) is 12.3 Å². The van der Waals surface area contributed by atoms with Crippen LogP contribution in [0.2, 0.25) is 0 Å². The Kier molecular flexibility index (Phi) is 13.5. The maximum absolute atomic E-state index is 4.00. The number of aromatic amines is 1. The van der Waals surface area contributed by atoms with E-state index >= 15 is 0 Å². The van der Waals surface area contributed by atoms with Crippen molar-refractivity contribution in [3.63, 3.8) is 0 Å². The van der Waals surface area contributed by atoms with Gasteiger partial charge in [0.15, 0.2) is 5.82 Å². The second-order valence-corrected chi connectivity index (χ2v) is 2.48. The number of hydrogen-bond donors (Lipinski definition) is 1. The van der Waals surface area contributed by atoms with Crippen molar-refractivity contribution in [1.29, 1.82) is 0 Å². The molecule has 1 N–H and O–H groups in total. The number of H-pyrrole nitrogens is 1. The number of nitrogens with one attached hydrogen (secondary N) is 1. The maximum Gasteiger partial charge on any atom is 1.00 e. The molecule has 0 aliphatic carbocycles. The maximum atomic E-state index is 4.00. The van der Waals surface area contributed by atoms with Gasteiger partial charge in [-0.15, -0.1) is 10.2 Å². The van der Waals surface area contributed by atoms with Crippen LogP contribution in [0.5, 0.6) is 0 Å². The fraction of sp³-hybridized carbons (Fsp3) is 0. The first-order valence-corrected chi connectivity index (χ1v) is 3.91. The van der Waals surface area contributed by atoms with Crippen molar-refractivity contribution >= 4 is 11.5 Å². The number of benzene rings is 1. The van der Waals surface area contributed by atoms with E-state index in [0.717, 1.165) is 5.69 Å². The summed E-state index contributed by atoms with van der Waals surface area (Å²) in [6.07, 6.45) is 1.64. The molecule has 2 rings (SSSR count). The standard InChI is InChI=1S/C9H8N4.3Na.3H/c1-2-4-8(5-3-1)11-13-9-6-7-10-12-9;;;;;;/h1-7H,(H,10,12);;;;;;/q;3*+1;3*-1. The normalized spacial score (nSPS) is 8.75. The minimum absolute atomic E-state index is 0. The molecule has 1 aromatic carbocycles. The van der Waals surface area contributed by atoms with E-state index in [1.165, 1.54) is 0 Å². The molecule has 1 heterocycles. The Hall–Kier alpha value is 1.03. The number of nitrogens with zero attached hydrogens (tertiary/aromatic N) is 3. The van der Waals surface area contributed by atoms with Crippen LogP contribution in [0, 0.1) is 0 Å². The predicted molar refractivity (Wildman–Crippen MR) is 52.5 cm³/mol. The summed E-state index contributed by atoms with van der Waals surface area (Å²) in [4.78, 5) is 0. The first kappa shape index (κ1) is 19.4. The molecule has 16 heavy (non-hydrogen) atoms. The van der Waals surface area contributed by atoms with Gasteiger partial charge in [-0.05, 0) is 12.1 Å². The van der Waals surface area contributed by atoms with Gasteiger partial charge in [-0.2, -0.15) is 5.10 Å². The van der Waals surface area contributed by atoms with Crippen LogP contribution in [0.25, 0.3) is 0 Å². The minimum atomic E-state index is 0. The summed E-state index contributed by atoms with van der Waals surface area (Å²) in [7, 11) is 0. The van der Waals surface area contributed by atoms with Crippen LogP contribution >= 0.6 is 0 Å². The van der Waals surface area contributed by atoms with Gasteiger partial charge in [0, 0.05) is 6.07 Å². The van der Waals surface area contributed by atoms with Crippen LogP contribution in [0.1, 0.15) is 4.28 Å². The third-order valence-corrected chi connectivity index (χ3v) is 1.52. The van der Waals surface area contributed by atoms with Gasteiger partial charge in [-0.25, -0.2) is 0 Å². The molecule has 0 radical (unpaired) electrons. The van der Waals surface area contributed by atoms with Crippen LogP contribution in [0.15, 0.2) is 52.8 Å². The Balaban J connectivity index is -0.000000109. The summed E-state index contributed by atoms with van der Waals surface area (Å²) >= 11 is 0. The zero-order valence-corrected chi connectivity index (χ0v) is 15.9. The van der Waals surface area contributed by atoms with Gasteiger partial charge in [0.25, 0.3) is 0 Å². The zero-order chi connectivity index (χ0) is 8.93. The average Bonchev–Trinajstić information content (AvgIpc) is 2.69. The number of aromatic nitrogens is 2. The molecule has 0 bridgehead atoms. The molecule has 70 valence electrons. The van der Waals surface area contributed by atoms with E-state index in [0.29, 0.717) is 5.82 Å². The SMILES string of the molecule is [H-].[H-].[H-].[Na+].[Na+].[Na+].c1ccc(N=Nc2ccn[nH]2)cc1. The van der Waals surface area contributed by atoms with Crippen molar-refractivity contribution in [3.05, 3.63) is 42.6 Å². The molecule has 1 aromatic heterocycles. The summed E-state index contributed by atoms with van der Waals surface area (Å²) in [5.41, 5.74) is 0.831.